The fourth-order valence-corrected chi connectivity index (χ4v) is 4.09. The molecule has 0 aliphatic carbocycles. The Morgan fingerprint density at radius 1 is 1.03 bits per heavy atom. The lowest BCUT2D eigenvalue weighted by Gasteiger charge is -2.31. The van der Waals surface area contributed by atoms with Gasteiger partial charge < -0.3 is 9.64 Å². The molecule has 0 saturated heterocycles. The zero-order valence-electron chi connectivity index (χ0n) is 19.1. The number of carbonyl (C=O) groups excluding carboxylic acids is 1. The van der Waals surface area contributed by atoms with Crippen molar-refractivity contribution in [2.75, 3.05) is 13.7 Å². The van der Waals surface area contributed by atoms with Gasteiger partial charge in [0.1, 0.15) is 5.82 Å². The molecule has 174 valence electrons. The van der Waals surface area contributed by atoms with Gasteiger partial charge >= 0.3 is 0 Å². The van der Waals surface area contributed by atoms with Crippen molar-refractivity contribution in [3.8, 4) is 0 Å². The smallest absolute Gasteiger partial charge is 0.261 e. The maximum absolute atomic E-state index is 13.7. The van der Waals surface area contributed by atoms with Gasteiger partial charge in [0, 0.05) is 24.2 Å². The van der Waals surface area contributed by atoms with Crippen LogP contribution in [0.15, 0.2) is 83.7 Å². The highest BCUT2D eigenvalue weighted by atomic mass is 35.5. The van der Waals surface area contributed by atoms with E-state index in [1.165, 1.54) is 0 Å². The summed E-state index contributed by atoms with van der Waals surface area (Å²) >= 11 is 6.04. The third-order valence-electron chi connectivity index (χ3n) is 5.80. The molecule has 1 unspecified atom stereocenters. The van der Waals surface area contributed by atoms with Crippen molar-refractivity contribution in [3.63, 3.8) is 0 Å². The quantitative estimate of drug-likeness (QED) is 0.355. The Kier molecular flexibility index (Phi) is 7.40. The third-order valence-corrected chi connectivity index (χ3v) is 6.05. The Morgan fingerprint density at radius 3 is 2.41 bits per heavy atom. The second-order valence-corrected chi connectivity index (χ2v) is 8.47. The van der Waals surface area contributed by atoms with Crippen LogP contribution in [0.25, 0.3) is 10.9 Å². The molecule has 0 fully saturated rings. The highest BCUT2D eigenvalue weighted by molar-refractivity contribution is 6.30. The molecule has 1 aromatic heterocycles. The van der Waals surface area contributed by atoms with Crippen LogP contribution in [0.4, 0.5) is 0 Å². The first kappa shape index (κ1) is 23.7. The number of rotatable bonds is 8. The minimum atomic E-state index is -0.488. The number of methoxy groups -OCH3 is 1. The van der Waals surface area contributed by atoms with E-state index in [-0.39, 0.29) is 11.5 Å². The van der Waals surface area contributed by atoms with Crippen molar-refractivity contribution in [1.29, 1.82) is 0 Å². The standard InChI is InChI=1S/C27H26ClN3O3/c1-19(25-29-24-11-7-6-10-23(24)27(33)30(25)16-17-34-2)31(18-20-8-4-3-5-9-20)26(32)21-12-14-22(28)15-13-21/h3-15,19H,16-18H2,1-2H3. The number of hydrogen-bond donors (Lipinski definition) is 0. The van der Waals surface area contributed by atoms with Gasteiger partial charge in [0.05, 0.1) is 30.1 Å². The van der Waals surface area contributed by atoms with Gasteiger partial charge in [-0.05, 0) is 48.9 Å². The van der Waals surface area contributed by atoms with E-state index < -0.39 is 6.04 Å². The third kappa shape index (κ3) is 5.03. The largest absolute Gasteiger partial charge is 0.383 e. The van der Waals surface area contributed by atoms with Crippen LogP contribution >= 0.6 is 11.6 Å². The van der Waals surface area contributed by atoms with Crippen LogP contribution in [0.3, 0.4) is 0 Å². The Hall–Kier alpha value is -3.48. The van der Waals surface area contributed by atoms with E-state index in [0.717, 1.165) is 5.56 Å². The first-order valence-electron chi connectivity index (χ1n) is 11.1. The zero-order valence-corrected chi connectivity index (χ0v) is 19.9. The summed E-state index contributed by atoms with van der Waals surface area (Å²) in [5.74, 6) is 0.340. The van der Waals surface area contributed by atoms with Crippen LogP contribution in [0.1, 0.15) is 34.7 Å². The topological polar surface area (TPSA) is 64.4 Å². The molecule has 0 spiro atoms. The van der Waals surface area contributed by atoms with Crippen LogP contribution in [0.2, 0.25) is 5.02 Å². The minimum Gasteiger partial charge on any atom is -0.383 e. The number of hydrogen-bond acceptors (Lipinski definition) is 4. The van der Waals surface area contributed by atoms with E-state index in [1.54, 1.807) is 46.9 Å². The summed E-state index contributed by atoms with van der Waals surface area (Å²) in [6.07, 6.45) is 0. The lowest BCUT2D eigenvalue weighted by molar-refractivity contribution is 0.0660. The average Bonchev–Trinajstić information content (AvgIpc) is 2.87. The first-order chi connectivity index (χ1) is 16.5. The average molecular weight is 476 g/mol. The predicted octanol–water partition coefficient (Wildman–Crippen LogP) is 5.10. The highest BCUT2D eigenvalue weighted by Crippen LogP contribution is 2.25. The maximum atomic E-state index is 13.7. The molecule has 34 heavy (non-hydrogen) atoms. The molecular weight excluding hydrogens is 450 g/mol. The lowest BCUT2D eigenvalue weighted by atomic mass is 10.1. The highest BCUT2D eigenvalue weighted by Gasteiger charge is 2.27. The molecular formula is C27H26ClN3O3. The van der Waals surface area contributed by atoms with Gasteiger partial charge in [0.25, 0.3) is 11.5 Å². The summed E-state index contributed by atoms with van der Waals surface area (Å²) in [6.45, 7) is 2.94. The number of benzene rings is 3. The number of halogens is 1. The summed E-state index contributed by atoms with van der Waals surface area (Å²) in [6, 6.07) is 23.3. The molecule has 6 nitrogen and oxygen atoms in total. The van der Waals surface area contributed by atoms with Gasteiger partial charge in [0.15, 0.2) is 0 Å². The van der Waals surface area contributed by atoms with E-state index in [9.17, 15) is 9.59 Å². The van der Waals surface area contributed by atoms with E-state index in [0.29, 0.717) is 47.0 Å². The molecule has 1 amide bonds. The Bertz CT molecular complexity index is 1340. The number of fused-ring (bicyclic) bond motifs is 1. The molecule has 0 bridgehead atoms. The van der Waals surface area contributed by atoms with E-state index >= 15 is 0 Å². The van der Waals surface area contributed by atoms with Gasteiger partial charge in [0.2, 0.25) is 0 Å². The Balaban J connectivity index is 1.83. The van der Waals surface area contributed by atoms with Gasteiger partial charge in [-0.1, -0.05) is 54.1 Å². The van der Waals surface area contributed by atoms with Crippen LogP contribution in [-0.2, 0) is 17.8 Å². The molecule has 1 heterocycles. The Morgan fingerprint density at radius 2 is 1.71 bits per heavy atom. The predicted molar refractivity (Wildman–Crippen MR) is 134 cm³/mol. The van der Waals surface area contributed by atoms with Crippen LogP contribution in [0.5, 0.6) is 0 Å². The second kappa shape index (κ2) is 10.6. The van der Waals surface area contributed by atoms with Crippen LogP contribution in [0, 0.1) is 0 Å². The number of aromatic nitrogens is 2. The van der Waals surface area contributed by atoms with Crippen molar-refractivity contribution in [2.24, 2.45) is 0 Å². The first-order valence-corrected chi connectivity index (χ1v) is 11.5. The van der Waals surface area contributed by atoms with Crippen LogP contribution < -0.4 is 5.56 Å². The van der Waals surface area contributed by atoms with Crippen molar-refractivity contribution < 1.29 is 9.53 Å². The fraction of sp³-hybridized carbons (Fsp3) is 0.222. The second-order valence-electron chi connectivity index (χ2n) is 8.04. The summed E-state index contributed by atoms with van der Waals surface area (Å²) in [5, 5.41) is 1.09. The van der Waals surface area contributed by atoms with Gasteiger partial charge in [-0.15, -0.1) is 0 Å². The van der Waals surface area contributed by atoms with Crippen molar-refractivity contribution in [2.45, 2.75) is 26.1 Å². The molecule has 4 rings (SSSR count). The van der Waals surface area contributed by atoms with E-state index in [4.69, 9.17) is 21.3 Å². The SMILES string of the molecule is COCCn1c(C(C)N(Cc2ccccc2)C(=O)c2ccc(Cl)cc2)nc2ccccc2c1=O. The van der Waals surface area contributed by atoms with Crippen molar-refractivity contribution in [1.82, 2.24) is 14.5 Å². The number of ether oxygens (including phenoxy) is 1. The molecule has 0 N–H and O–H groups in total. The van der Waals surface area contributed by atoms with Crippen molar-refractivity contribution >= 4 is 28.4 Å². The van der Waals surface area contributed by atoms with E-state index in [2.05, 4.69) is 0 Å². The number of nitrogens with zero attached hydrogens (tertiary/aromatic N) is 3. The van der Waals surface area contributed by atoms with E-state index in [1.807, 2.05) is 55.5 Å². The van der Waals surface area contributed by atoms with Gasteiger partial charge in [-0.25, -0.2) is 4.98 Å². The summed E-state index contributed by atoms with van der Waals surface area (Å²) in [5.41, 5.74) is 1.94. The zero-order chi connectivity index (χ0) is 24.1. The van der Waals surface area contributed by atoms with Gasteiger partial charge in [-0.3, -0.25) is 14.2 Å². The molecule has 4 aromatic rings. The fourth-order valence-electron chi connectivity index (χ4n) is 3.97. The van der Waals surface area contributed by atoms with Crippen LogP contribution in [-0.4, -0.2) is 34.1 Å². The molecule has 0 aliphatic rings. The number of carbonyl (C=O) groups is 1. The Labute approximate surface area is 203 Å². The summed E-state index contributed by atoms with van der Waals surface area (Å²) < 4.78 is 6.87. The maximum Gasteiger partial charge on any atom is 0.261 e. The molecule has 7 heteroatoms. The molecule has 3 aromatic carbocycles. The molecule has 0 radical (unpaired) electrons. The number of amides is 1. The summed E-state index contributed by atoms with van der Waals surface area (Å²) in [4.78, 5) is 33.6. The lowest BCUT2D eigenvalue weighted by Crippen LogP contribution is -2.38. The normalized spacial score (nSPS) is 12.0. The number of para-hydroxylation sites is 1. The monoisotopic (exact) mass is 475 g/mol. The van der Waals surface area contributed by atoms with Gasteiger partial charge in [-0.2, -0.15) is 0 Å². The molecule has 0 aliphatic heterocycles. The summed E-state index contributed by atoms with van der Waals surface area (Å²) in [7, 11) is 1.59. The molecule has 0 saturated carbocycles. The minimum absolute atomic E-state index is 0.150. The molecule has 1 atom stereocenters. The van der Waals surface area contributed by atoms with Crippen molar-refractivity contribution in [3.05, 3.63) is 111 Å².